The summed E-state index contributed by atoms with van der Waals surface area (Å²) in [6.07, 6.45) is 2.86. The summed E-state index contributed by atoms with van der Waals surface area (Å²) in [5, 5.41) is 24.6. The minimum Gasteiger partial charge on any atom is -0.495 e. The number of rotatable bonds is 9. The first-order valence-electron chi connectivity index (χ1n) is 13.0. The van der Waals surface area contributed by atoms with Crippen LogP contribution in [0, 0.1) is 6.92 Å². The highest BCUT2D eigenvalue weighted by Crippen LogP contribution is 2.36. The van der Waals surface area contributed by atoms with Gasteiger partial charge in [-0.05, 0) is 42.3 Å². The Bertz CT molecular complexity index is 1690. The average molecular weight is 550 g/mol. The maximum atomic E-state index is 13.2. The molecule has 0 saturated carbocycles. The summed E-state index contributed by atoms with van der Waals surface area (Å²) >= 11 is 0. The second-order valence-corrected chi connectivity index (χ2v) is 9.53. The fraction of sp³-hybridized carbons (Fsp3) is 0.167. The summed E-state index contributed by atoms with van der Waals surface area (Å²) in [5.74, 6) is 1.80. The van der Waals surface area contributed by atoms with Crippen molar-refractivity contribution in [3.8, 4) is 17.2 Å². The molecule has 0 unspecified atom stereocenters. The molecular formula is C30H27N7O4. The number of nitrogens with one attached hydrogen (secondary N) is 2. The second-order valence-electron chi connectivity index (χ2n) is 9.53. The van der Waals surface area contributed by atoms with E-state index in [1.165, 1.54) is 6.39 Å². The van der Waals surface area contributed by atoms with Gasteiger partial charge in [0, 0.05) is 12.3 Å². The van der Waals surface area contributed by atoms with Gasteiger partial charge in [0.05, 0.1) is 54.5 Å². The van der Waals surface area contributed by atoms with E-state index in [2.05, 4.69) is 25.8 Å². The Kier molecular flexibility index (Phi) is 7.00. The number of hydrogen-bond acceptors (Lipinski definition) is 10. The van der Waals surface area contributed by atoms with E-state index in [1.807, 2.05) is 55.5 Å². The van der Waals surface area contributed by atoms with E-state index in [4.69, 9.17) is 14.1 Å². The zero-order chi connectivity index (χ0) is 28.3. The Morgan fingerprint density at radius 3 is 2.68 bits per heavy atom. The Morgan fingerprint density at radius 1 is 1.07 bits per heavy atom. The number of carbonyl (C=O) groups excluding carboxylic acids is 1. The van der Waals surface area contributed by atoms with E-state index in [9.17, 15) is 9.90 Å². The molecule has 41 heavy (non-hydrogen) atoms. The van der Waals surface area contributed by atoms with Crippen LogP contribution in [0.2, 0.25) is 0 Å². The molecule has 0 aliphatic carbocycles. The monoisotopic (exact) mass is 549 g/mol. The van der Waals surface area contributed by atoms with Gasteiger partial charge in [0.1, 0.15) is 17.4 Å². The van der Waals surface area contributed by atoms with E-state index in [0.717, 1.165) is 11.1 Å². The first-order valence-corrected chi connectivity index (χ1v) is 13.0. The van der Waals surface area contributed by atoms with Crippen molar-refractivity contribution < 1.29 is 19.1 Å². The highest BCUT2D eigenvalue weighted by atomic mass is 16.5. The number of carbonyl (C=O) groups is 1. The quantitative estimate of drug-likeness (QED) is 0.233. The van der Waals surface area contributed by atoms with Crippen molar-refractivity contribution >= 4 is 28.9 Å². The Hall–Kier alpha value is -5.29. The largest absolute Gasteiger partial charge is 0.495 e. The molecule has 0 spiro atoms. The number of pyridine rings is 2. The minimum atomic E-state index is -0.387. The summed E-state index contributed by atoms with van der Waals surface area (Å²) < 4.78 is 10.9. The molecule has 1 aliphatic rings. The summed E-state index contributed by atoms with van der Waals surface area (Å²) in [5.41, 5.74) is 5.04. The van der Waals surface area contributed by atoms with Crippen molar-refractivity contribution in [1.82, 2.24) is 20.2 Å². The number of aryl methyl sites for hydroxylation is 1. The van der Waals surface area contributed by atoms with E-state index in [-0.39, 0.29) is 24.4 Å². The lowest BCUT2D eigenvalue weighted by atomic mass is 10.1. The van der Waals surface area contributed by atoms with Crippen LogP contribution in [-0.4, -0.2) is 44.9 Å². The number of anilines is 4. The Balaban J connectivity index is 1.28. The molecule has 11 heteroatoms. The average Bonchev–Trinajstić information content (AvgIpc) is 3.65. The third-order valence-electron chi connectivity index (χ3n) is 6.85. The van der Waals surface area contributed by atoms with Gasteiger partial charge in [-0.25, -0.2) is 9.97 Å². The van der Waals surface area contributed by atoms with E-state index in [1.54, 1.807) is 36.4 Å². The van der Waals surface area contributed by atoms with Crippen LogP contribution in [0.4, 0.5) is 23.0 Å². The summed E-state index contributed by atoms with van der Waals surface area (Å²) in [6, 6.07) is 20.3. The van der Waals surface area contributed by atoms with Crippen molar-refractivity contribution in [3.05, 3.63) is 102 Å². The molecule has 11 nitrogen and oxygen atoms in total. The maximum absolute atomic E-state index is 13.2. The smallest absolute Gasteiger partial charge is 0.260 e. The number of fused-ring (bicyclic) bond motifs is 1. The SMILES string of the molecule is COc1ccc(C)cc1N1Cc2nc(Nc3cc(N[C@H](CO)c4ccccc4)c(-c4nnco4)cn3)ccc2C1=O. The molecule has 0 fully saturated rings. The molecular weight excluding hydrogens is 522 g/mol. The predicted octanol–water partition coefficient (Wildman–Crippen LogP) is 4.89. The van der Waals surface area contributed by atoms with Crippen LogP contribution in [0.3, 0.4) is 0 Å². The normalized spacial score (nSPS) is 13.1. The third kappa shape index (κ3) is 5.18. The lowest BCUT2D eigenvalue weighted by Gasteiger charge is -2.20. The van der Waals surface area contributed by atoms with Gasteiger partial charge in [-0.2, -0.15) is 0 Å². The first kappa shape index (κ1) is 26.0. The van der Waals surface area contributed by atoms with E-state index in [0.29, 0.717) is 52.1 Å². The molecule has 3 N–H and O–H groups in total. The molecule has 0 radical (unpaired) electrons. The molecule has 2 aromatic carbocycles. The van der Waals surface area contributed by atoms with Crippen LogP contribution in [0.25, 0.3) is 11.5 Å². The number of ether oxygens (including phenoxy) is 1. The molecule has 3 aromatic heterocycles. The molecule has 1 atom stereocenters. The maximum Gasteiger partial charge on any atom is 0.260 e. The van der Waals surface area contributed by atoms with Crippen LogP contribution in [-0.2, 0) is 6.54 Å². The molecule has 4 heterocycles. The zero-order valence-electron chi connectivity index (χ0n) is 22.4. The number of aromatic nitrogens is 4. The second kappa shape index (κ2) is 11.1. The van der Waals surface area contributed by atoms with Gasteiger partial charge in [0.15, 0.2) is 0 Å². The molecule has 0 bridgehead atoms. The fourth-order valence-corrected chi connectivity index (χ4v) is 4.80. The zero-order valence-corrected chi connectivity index (χ0v) is 22.4. The number of methoxy groups -OCH3 is 1. The molecule has 1 amide bonds. The lowest BCUT2D eigenvalue weighted by Crippen LogP contribution is -2.23. The van der Waals surface area contributed by atoms with Crippen LogP contribution in [0.5, 0.6) is 5.75 Å². The van der Waals surface area contributed by atoms with Gasteiger partial charge in [-0.3, -0.25) is 9.69 Å². The Morgan fingerprint density at radius 2 is 1.93 bits per heavy atom. The number of amides is 1. The van der Waals surface area contributed by atoms with Crippen LogP contribution in [0.1, 0.15) is 33.2 Å². The number of hydrogen-bond donors (Lipinski definition) is 3. The fourth-order valence-electron chi connectivity index (χ4n) is 4.80. The molecule has 0 saturated heterocycles. The first-order chi connectivity index (χ1) is 20.0. The lowest BCUT2D eigenvalue weighted by molar-refractivity contribution is 0.0996. The highest BCUT2D eigenvalue weighted by Gasteiger charge is 2.32. The van der Waals surface area contributed by atoms with Crippen molar-refractivity contribution in [2.24, 2.45) is 0 Å². The van der Waals surface area contributed by atoms with Gasteiger partial charge in [-0.15, -0.1) is 10.2 Å². The summed E-state index contributed by atoms with van der Waals surface area (Å²) in [6.45, 7) is 2.15. The number of aliphatic hydroxyl groups is 1. The van der Waals surface area contributed by atoms with Crippen LogP contribution in [0.15, 0.2) is 83.7 Å². The number of nitrogens with zero attached hydrogens (tertiary/aromatic N) is 5. The van der Waals surface area contributed by atoms with Gasteiger partial charge in [0.25, 0.3) is 11.8 Å². The van der Waals surface area contributed by atoms with E-state index < -0.39 is 0 Å². The summed E-state index contributed by atoms with van der Waals surface area (Å²) in [7, 11) is 1.59. The third-order valence-corrected chi connectivity index (χ3v) is 6.85. The summed E-state index contributed by atoms with van der Waals surface area (Å²) in [4.78, 5) is 24.2. The van der Waals surface area contributed by atoms with Crippen molar-refractivity contribution in [3.63, 3.8) is 0 Å². The standard InChI is InChI=1S/C30H27N7O4/c1-18-8-10-26(40-2)25(12-18)37-15-23-20(30(37)39)9-11-27(34-23)35-28-13-22(21(14-31-28)29-36-32-17-41-29)33-24(16-38)19-6-4-3-5-7-19/h3-14,17,24,38H,15-16H2,1-2H3,(H2,31,33,34,35)/t24-/m1/s1. The number of aliphatic hydroxyl groups excluding tert-OH is 1. The van der Waals surface area contributed by atoms with Crippen LogP contribution >= 0.6 is 0 Å². The van der Waals surface area contributed by atoms with Crippen molar-refractivity contribution in [2.75, 3.05) is 29.3 Å². The topological polar surface area (TPSA) is 139 Å². The molecule has 5 aromatic rings. The van der Waals surface area contributed by atoms with E-state index >= 15 is 0 Å². The van der Waals surface area contributed by atoms with Gasteiger partial charge in [0.2, 0.25) is 6.39 Å². The van der Waals surface area contributed by atoms with Crippen molar-refractivity contribution in [2.45, 2.75) is 19.5 Å². The molecule has 6 rings (SSSR count). The van der Waals surface area contributed by atoms with Crippen LogP contribution < -0.4 is 20.3 Å². The predicted molar refractivity (Wildman–Crippen MR) is 153 cm³/mol. The minimum absolute atomic E-state index is 0.132. The van der Waals surface area contributed by atoms with Crippen molar-refractivity contribution in [1.29, 1.82) is 0 Å². The molecule has 206 valence electrons. The highest BCUT2D eigenvalue weighted by molar-refractivity contribution is 6.10. The van der Waals surface area contributed by atoms with Gasteiger partial charge in [-0.1, -0.05) is 36.4 Å². The van der Waals surface area contributed by atoms with Gasteiger partial charge >= 0.3 is 0 Å². The number of benzene rings is 2. The molecule has 1 aliphatic heterocycles. The Labute approximate surface area is 235 Å². The van der Waals surface area contributed by atoms with Gasteiger partial charge < -0.3 is 24.9 Å².